The first-order chi connectivity index (χ1) is 8.06. The maximum Gasteiger partial charge on any atom is 0.355 e. The Balaban J connectivity index is 2.11. The normalized spacial score (nSPS) is 10.2. The van der Waals surface area contributed by atoms with Gasteiger partial charge in [-0.05, 0) is 6.92 Å². The van der Waals surface area contributed by atoms with Crippen molar-refractivity contribution in [1.29, 1.82) is 0 Å². The minimum atomic E-state index is -1.16. The van der Waals surface area contributed by atoms with E-state index in [0.717, 1.165) is 16.3 Å². The number of nitrogens with zero attached hydrogens (tertiary/aromatic N) is 3. The highest BCUT2D eigenvalue weighted by Crippen LogP contribution is 2.16. The number of carboxylic acid groups (broad SMARTS) is 1. The van der Waals surface area contributed by atoms with Gasteiger partial charge in [-0.25, -0.2) is 9.78 Å². The van der Waals surface area contributed by atoms with Crippen LogP contribution in [0.4, 0.5) is 5.13 Å². The molecule has 0 radical (unpaired) electrons. The van der Waals surface area contributed by atoms with Gasteiger partial charge in [-0.15, -0.1) is 21.5 Å². The zero-order chi connectivity index (χ0) is 12.4. The number of hydrogen-bond acceptors (Lipinski definition) is 7. The molecule has 2 heterocycles. The van der Waals surface area contributed by atoms with E-state index in [1.165, 1.54) is 16.7 Å². The molecule has 0 atom stereocenters. The number of carbonyl (C=O) groups excluding carboxylic acids is 1. The fourth-order valence-electron chi connectivity index (χ4n) is 0.974. The Morgan fingerprint density at radius 1 is 1.41 bits per heavy atom. The third kappa shape index (κ3) is 2.63. The summed E-state index contributed by atoms with van der Waals surface area (Å²) >= 11 is 2.19. The molecular weight excluding hydrogens is 264 g/mol. The van der Waals surface area contributed by atoms with Crippen molar-refractivity contribution in [2.75, 3.05) is 5.32 Å². The second-order valence-electron chi connectivity index (χ2n) is 2.92. The summed E-state index contributed by atoms with van der Waals surface area (Å²) in [7, 11) is 0. The lowest BCUT2D eigenvalue weighted by Crippen LogP contribution is -2.12. The van der Waals surface area contributed by atoms with E-state index in [1.54, 1.807) is 6.92 Å². The molecule has 88 valence electrons. The zero-order valence-corrected chi connectivity index (χ0v) is 10.1. The van der Waals surface area contributed by atoms with E-state index in [2.05, 4.69) is 20.5 Å². The molecule has 2 aromatic rings. The van der Waals surface area contributed by atoms with E-state index in [9.17, 15) is 9.59 Å². The smallest absolute Gasteiger partial charge is 0.355 e. The SMILES string of the molecule is Cc1nnc(NC(=O)c2nc(C(=O)O)cs2)s1. The molecule has 0 aliphatic carbocycles. The van der Waals surface area contributed by atoms with Crippen molar-refractivity contribution in [1.82, 2.24) is 15.2 Å². The predicted octanol–water partition coefficient (Wildman–Crippen LogP) is 1.25. The average Bonchev–Trinajstić information content (AvgIpc) is 2.86. The van der Waals surface area contributed by atoms with Crippen LogP contribution in [-0.2, 0) is 0 Å². The Hall–Kier alpha value is -1.87. The largest absolute Gasteiger partial charge is 0.476 e. The van der Waals surface area contributed by atoms with Crippen molar-refractivity contribution in [3.63, 3.8) is 0 Å². The molecule has 0 aromatic carbocycles. The van der Waals surface area contributed by atoms with Gasteiger partial charge in [0.15, 0.2) is 10.7 Å². The van der Waals surface area contributed by atoms with Gasteiger partial charge < -0.3 is 5.11 Å². The number of thiazole rings is 1. The van der Waals surface area contributed by atoms with Gasteiger partial charge in [0.1, 0.15) is 5.01 Å². The number of carboxylic acids is 1. The lowest BCUT2D eigenvalue weighted by atomic mass is 10.5. The van der Waals surface area contributed by atoms with Gasteiger partial charge in [-0.1, -0.05) is 11.3 Å². The van der Waals surface area contributed by atoms with Crippen molar-refractivity contribution < 1.29 is 14.7 Å². The van der Waals surface area contributed by atoms with Crippen LogP contribution in [0.1, 0.15) is 25.3 Å². The van der Waals surface area contributed by atoms with Crippen LogP contribution in [0, 0.1) is 6.92 Å². The predicted molar refractivity (Wildman–Crippen MR) is 61.7 cm³/mol. The maximum absolute atomic E-state index is 11.6. The lowest BCUT2D eigenvalue weighted by Gasteiger charge is -1.95. The van der Waals surface area contributed by atoms with Crippen molar-refractivity contribution in [3.8, 4) is 0 Å². The Morgan fingerprint density at radius 3 is 2.71 bits per heavy atom. The van der Waals surface area contributed by atoms with E-state index in [4.69, 9.17) is 5.11 Å². The van der Waals surface area contributed by atoms with Gasteiger partial charge >= 0.3 is 5.97 Å². The first-order valence-corrected chi connectivity index (χ1v) is 6.06. The molecule has 0 unspecified atom stereocenters. The summed E-state index contributed by atoms with van der Waals surface area (Å²) in [5.74, 6) is -1.65. The number of aromatic carboxylic acids is 1. The minimum absolute atomic E-state index is 0.0789. The summed E-state index contributed by atoms with van der Waals surface area (Å²) < 4.78 is 0. The molecule has 1 amide bonds. The molecule has 0 aliphatic heterocycles. The number of rotatable bonds is 3. The number of aryl methyl sites for hydroxylation is 1. The lowest BCUT2D eigenvalue weighted by molar-refractivity contribution is 0.0691. The fraction of sp³-hybridized carbons (Fsp3) is 0.125. The molecule has 17 heavy (non-hydrogen) atoms. The highest BCUT2D eigenvalue weighted by Gasteiger charge is 2.15. The molecule has 7 nitrogen and oxygen atoms in total. The second-order valence-corrected chi connectivity index (χ2v) is 4.96. The van der Waals surface area contributed by atoms with E-state index >= 15 is 0 Å². The Morgan fingerprint density at radius 2 is 2.18 bits per heavy atom. The first kappa shape index (κ1) is 11.6. The summed E-state index contributed by atoms with van der Waals surface area (Å²) in [6.45, 7) is 1.76. The fourth-order valence-corrected chi connectivity index (χ4v) is 2.25. The van der Waals surface area contributed by atoms with Crippen LogP contribution in [0.25, 0.3) is 0 Å². The van der Waals surface area contributed by atoms with Gasteiger partial charge in [0, 0.05) is 5.38 Å². The number of amides is 1. The molecule has 0 aliphatic rings. The van der Waals surface area contributed by atoms with Crippen LogP contribution >= 0.6 is 22.7 Å². The zero-order valence-electron chi connectivity index (χ0n) is 8.50. The number of aromatic nitrogens is 3. The third-order valence-corrected chi connectivity index (χ3v) is 3.26. The monoisotopic (exact) mass is 270 g/mol. The third-order valence-electron chi connectivity index (χ3n) is 1.66. The van der Waals surface area contributed by atoms with E-state index < -0.39 is 11.9 Å². The van der Waals surface area contributed by atoms with Crippen molar-refractivity contribution in [2.45, 2.75) is 6.92 Å². The van der Waals surface area contributed by atoms with Crippen LogP contribution < -0.4 is 5.32 Å². The molecule has 0 fully saturated rings. The highest BCUT2D eigenvalue weighted by molar-refractivity contribution is 7.15. The van der Waals surface area contributed by atoms with Crippen molar-refractivity contribution >= 4 is 39.7 Å². The molecule has 2 rings (SSSR count). The quantitative estimate of drug-likeness (QED) is 0.869. The van der Waals surface area contributed by atoms with Gasteiger partial charge in [0.05, 0.1) is 0 Å². The molecule has 0 spiro atoms. The van der Waals surface area contributed by atoms with Crippen molar-refractivity contribution in [2.24, 2.45) is 0 Å². The van der Waals surface area contributed by atoms with Gasteiger partial charge in [0.2, 0.25) is 5.13 Å². The topological polar surface area (TPSA) is 105 Å². The molecule has 2 aromatic heterocycles. The van der Waals surface area contributed by atoms with Crippen LogP contribution in [-0.4, -0.2) is 32.2 Å². The van der Waals surface area contributed by atoms with E-state index in [0.29, 0.717) is 5.13 Å². The molecule has 0 bridgehead atoms. The van der Waals surface area contributed by atoms with E-state index in [-0.39, 0.29) is 10.7 Å². The molecule has 0 saturated carbocycles. The summed E-state index contributed by atoms with van der Waals surface area (Å²) in [5, 5.41) is 21.1. The van der Waals surface area contributed by atoms with Crippen molar-refractivity contribution in [3.05, 3.63) is 21.1 Å². The summed E-state index contributed by atoms with van der Waals surface area (Å²) in [6, 6.07) is 0. The standard InChI is InChI=1S/C8H6N4O3S2/c1-3-11-12-8(17-3)10-5(13)6-9-4(2-16-6)7(14)15/h2H,1H3,(H,14,15)(H,10,12,13). The molecule has 9 heteroatoms. The van der Waals surface area contributed by atoms with Crippen LogP contribution in [0.2, 0.25) is 0 Å². The Labute approximate surface area is 103 Å². The van der Waals surface area contributed by atoms with Gasteiger partial charge in [-0.2, -0.15) is 0 Å². The Kier molecular flexibility index (Phi) is 3.11. The Bertz CT molecular complexity index is 577. The summed E-state index contributed by atoms with van der Waals surface area (Å²) in [4.78, 5) is 25.9. The number of anilines is 1. The van der Waals surface area contributed by atoms with Crippen LogP contribution in [0.3, 0.4) is 0 Å². The first-order valence-electron chi connectivity index (χ1n) is 4.36. The van der Waals surface area contributed by atoms with Crippen LogP contribution in [0.5, 0.6) is 0 Å². The number of hydrogen-bond donors (Lipinski definition) is 2. The molecule has 0 saturated heterocycles. The number of nitrogens with one attached hydrogen (secondary N) is 1. The highest BCUT2D eigenvalue weighted by atomic mass is 32.1. The minimum Gasteiger partial charge on any atom is -0.476 e. The molecular formula is C8H6N4O3S2. The van der Waals surface area contributed by atoms with Crippen LogP contribution in [0.15, 0.2) is 5.38 Å². The summed E-state index contributed by atoms with van der Waals surface area (Å²) in [6.07, 6.45) is 0. The van der Waals surface area contributed by atoms with E-state index in [1.807, 2.05) is 0 Å². The molecule has 2 N–H and O–H groups in total. The van der Waals surface area contributed by atoms with Gasteiger partial charge in [-0.3, -0.25) is 10.1 Å². The van der Waals surface area contributed by atoms with Gasteiger partial charge in [0.25, 0.3) is 5.91 Å². The summed E-state index contributed by atoms with van der Waals surface area (Å²) in [5.41, 5.74) is -0.145. The maximum atomic E-state index is 11.6. The average molecular weight is 270 g/mol. The number of carbonyl (C=O) groups is 2. The second kappa shape index (κ2) is 4.55.